The zero-order chi connectivity index (χ0) is 8.81. The SMILES string of the molecule is CN=CC(C)=CCCC1CNC1. The minimum absolute atomic E-state index is 0.924. The van der Waals surface area contributed by atoms with Gasteiger partial charge in [-0.15, -0.1) is 0 Å². The fourth-order valence-electron chi connectivity index (χ4n) is 1.36. The largest absolute Gasteiger partial charge is 0.316 e. The summed E-state index contributed by atoms with van der Waals surface area (Å²) in [5.41, 5.74) is 1.28. The van der Waals surface area contributed by atoms with Crippen molar-refractivity contribution in [2.75, 3.05) is 20.1 Å². The summed E-state index contributed by atoms with van der Waals surface area (Å²) in [4.78, 5) is 3.96. The molecule has 1 heterocycles. The second-order valence-electron chi connectivity index (χ2n) is 3.44. The van der Waals surface area contributed by atoms with Gasteiger partial charge in [0.25, 0.3) is 0 Å². The van der Waals surface area contributed by atoms with Crippen LogP contribution in [0.4, 0.5) is 0 Å². The van der Waals surface area contributed by atoms with E-state index in [0.29, 0.717) is 0 Å². The lowest BCUT2D eigenvalue weighted by Gasteiger charge is -2.26. The number of allylic oxidation sites excluding steroid dienone is 2. The molecule has 1 rings (SSSR count). The highest BCUT2D eigenvalue weighted by atomic mass is 14.9. The van der Waals surface area contributed by atoms with Crippen molar-refractivity contribution < 1.29 is 0 Å². The van der Waals surface area contributed by atoms with Crippen molar-refractivity contribution in [1.82, 2.24) is 5.32 Å². The van der Waals surface area contributed by atoms with Crippen molar-refractivity contribution in [3.63, 3.8) is 0 Å². The molecule has 2 heteroatoms. The Balaban J connectivity index is 2.10. The van der Waals surface area contributed by atoms with Gasteiger partial charge in [0.15, 0.2) is 0 Å². The molecule has 0 aromatic heterocycles. The molecule has 1 aliphatic rings. The van der Waals surface area contributed by atoms with Gasteiger partial charge in [0.05, 0.1) is 0 Å². The van der Waals surface area contributed by atoms with Crippen LogP contribution in [0.5, 0.6) is 0 Å². The first-order chi connectivity index (χ1) is 5.83. The minimum Gasteiger partial charge on any atom is -0.316 e. The first-order valence-corrected chi connectivity index (χ1v) is 4.62. The van der Waals surface area contributed by atoms with E-state index < -0.39 is 0 Å². The van der Waals surface area contributed by atoms with Gasteiger partial charge < -0.3 is 5.32 Å². The third kappa shape index (κ3) is 3.18. The lowest BCUT2D eigenvalue weighted by Crippen LogP contribution is -2.41. The topological polar surface area (TPSA) is 24.4 Å². The van der Waals surface area contributed by atoms with Gasteiger partial charge in [0.1, 0.15) is 0 Å². The van der Waals surface area contributed by atoms with Gasteiger partial charge in [-0.3, -0.25) is 4.99 Å². The van der Waals surface area contributed by atoms with E-state index in [2.05, 4.69) is 23.3 Å². The van der Waals surface area contributed by atoms with Gasteiger partial charge in [0.2, 0.25) is 0 Å². The normalized spacial score (nSPS) is 20.0. The predicted molar refractivity (Wildman–Crippen MR) is 53.8 cm³/mol. The Morgan fingerprint density at radius 2 is 2.33 bits per heavy atom. The number of nitrogens with zero attached hydrogens (tertiary/aromatic N) is 1. The van der Waals surface area contributed by atoms with E-state index in [0.717, 1.165) is 5.92 Å². The molecule has 1 saturated heterocycles. The van der Waals surface area contributed by atoms with Crippen LogP contribution in [-0.4, -0.2) is 26.4 Å². The van der Waals surface area contributed by atoms with Crippen LogP contribution < -0.4 is 5.32 Å². The van der Waals surface area contributed by atoms with Gasteiger partial charge in [-0.1, -0.05) is 6.08 Å². The zero-order valence-corrected chi connectivity index (χ0v) is 8.01. The monoisotopic (exact) mass is 166 g/mol. The maximum atomic E-state index is 3.96. The summed E-state index contributed by atoms with van der Waals surface area (Å²) in [5, 5.41) is 3.28. The number of rotatable bonds is 4. The summed E-state index contributed by atoms with van der Waals surface area (Å²) in [6, 6.07) is 0. The van der Waals surface area contributed by atoms with Crippen molar-refractivity contribution in [2.45, 2.75) is 19.8 Å². The summed E-state index contributed by atoms with van der Waals surface area (Å²) >= 11 is 0. The van der Waals surface area contributed by atoms with E-state index in [1.165, 1.54) is 31.5 Å². The first-order valence-electron chi connectivity index (χ1n) is 4.62. The van der Waals surface area contributed by atoms with Crippen molar-refractivity contribution >= 4 is 6.21 Å². The smallest absolute Gasteiger partial charge is 0.0277 e. The fraction of sp³-hybridized carbons (Fsp3) is 0.700. The standard InChI is InChI=1S/C10H18N2/c1-9(6-11-2)4-3-5-10-7-12-8-10/h4,6,10,12H,3,5,7-8H2,1-2H3. The summed E-state index contributed by atoms with van der Waals surface area (Å²) in [6.07, 6.45) is 6.70. The van der Waals surface area contributed by atoms with Crippen LogP contribution >= 0.6 is 0 Å². The second-order valence-corrected chi connectivity index (χ2v) is 3.44. The highest BCUT2D eigenvalue weighted by molar-refractivity contribution is 5.77. The second kappa shape index (κ2) is 5.09. The molecule has 0 amide bonds. The van der Waals surface area contributed by atoms with Crippen LogP contribution in [0, 0.1) is 5.92 Å². The lowest BCUT2D eigenvalue weighted by molar-refractivity contribution is 0.329. The quantitative estimate of drug-likeness (QED) is 0.631. The molecule has 0 aromatic rings. The Labute approximate surface area is 74.8 Å². The van der Waals surface area contributed by atoms with Crippen molar-refractivity contribution in [2.24, 2.45) is 10.9 Å². The minimum atomic E-state index is 0.924. The molecule has 0 unspecified atom stereocenters. The van der Waals surface area contributed by atoms with Gasteiger partial charge in [-0.05, 0) is 44.3 Å². The van der Waals surface area contributed by atoms with Crippen LogP contribution in [0.3, 0.4) is 0 Å². The molecular formula is C10H18N2. The zero-order valence-electron chi connectivity index (χ0n) is 8.01. The lowest BCUT2D eigenvalue weighted by atomic mass is 9.97. The van der Waals surface area contributed by atoms with E-state index in [1.54, 1.807) is 0 Å². The van der Waals surface area contributed by atoms with Gasteiger partial charge >= 0.3 is 0 Å². The average molecular weight is 166 g/mol. The van der Waals surface area contributed by atoms with Crippen molar-refractivity contribution in [3.05, 3.63) is 11.6 Å². The maximum absolute atomic E-state index is 3.96. The van der Waals surface area contributed by atoms with E-state index in [9.17, 15) is 0 Å². The Morgan fingerprint density at radius 3 is 2.83 bits per heavy atom. The van der Waals surface area contributed by atoms with Gasteiger partial charge in [-0.2, -0.15) is 0 Å². The molecule has 1 fully saturated rings. The van der Waals surface area contributed by atoms with Gasteiger partial charge in [-0.25, -0.2) is 0 Å². The van der Waals surface area contributed by atoms with Crippen molar-refractivity contribution in [3.8, 4) is 0 Å². The Kier molecular flexibility index (Phi) is 4.01. The first kappa shape index (κ1) is 9.46. The maximum Gasteiger partial charge on any atom is 0.0277 e. The number of aliphatic imine (C=N–C) groups is 1. The molecule has 0 bridgehead atoms. The summed E-state index contributed by atoms with van der Waals surface area (Å²) in [6.45, 7) is 4.54. The number of hydrogen-bond acceptors (Lipinski definition) is 2. The average Bonchev–Trinajstić information content (AvgIpc) is 1.95. The molecule has 0 atom stereocenters. The molecule has 0 aliphatic carbocycles. The van der Waals surface area contributed by atoms with Crippen LogP contribution in [-0.2, 0) is 0 Å². The van der Waals surface area contributed by atoms with E-state index in [1.807, 2.05) is 13.3 Å². The Bertz CT molecular complexity index is 178. The van der Waals surface area contributed by atoms with Crippen LogP contribution in [0.2, 0.25) is 0 Å². The molecule has 0 spiro atoms. The Hall–Kier alpha value is -0.630. The highest BCUT2D eigenvalue weighted by Crippen LogP contribution is 2.11. The molecule has 1 N–H and O–H groups in total. The van der Waals surface area contributed by atoms with Crippen LogP contribution in [0.25, 0.3) is 0 Å². The molecule has 0 radical (unpaired) electrons. The van der Waals surface area contributed by atoms with E-state index >= 15 is 0 Å². The van der Waals surface area contributed by atoms with Gasteiger partial charge in [0, 0.05) is 13.3 Å². The molecule has 0 saturated carbocycles. The third-order valence-corrected chi connectivity index (χ3v) is 2.24. The fourth-order valence-corrected chi connectivity index (χ4v) is 1.36. The molecule has 68 valence electrons. The number of hydrogen-bond donors (Lipinski definition) is 1. The molecule has 0 aromatic carbocycles. The molecule has 2 nitrogen and oxygen atoms in total. The molecule has 1 aliphatic heterocycles. The third-order valence-electron chi connectivity index (χ3n) is 2.24. The summed E-state index contributed by atoms with van der Waals surface area (Å²) < 4.78 is 0. The van der Waals surface area contributed by atoms with E-state index in [-0.39, 0.29) is 0 Å². The predicted octanol–water partition coefficient (Wildman–Crippen LogP) is 1.63. The highest BCUT2D eigenvalue weighted by Gasteiger charge is 2.14. The Morgan fingerprint density at radius 1 is 1.58 bits per heavy atom. The number of nitrogens with one attached hydrogen (secondary N) is 1. The van der Waals surface area contributed by atoms with Crippen LogP contribution in [0.15, 0.2) is 16.6 Å². The summed E-state index contributed by atoms with van der Waals surface area (Å²) in [5.74, 6) is 0.924. The summed E-state index contributed by atoms with van der Waals surface area (Å²) in [7, 11) is 1.81. The van der Waals surface area contributed by atoms with Crippen molar-refractivity contribution in [1.29, 1.82) is 0 Å². The molecular weight excluding hydrogens is 148 g/mol. The molecule has 12 heavy (non-hydrogen) atoms. The van der Waals surface area contributed by atoms with Crippen LogP contribution in [0.1, 0.15) is 19.8 Å². The van der Waals surface area contributed by atoms with E-state index in [4.69, 9.17) is 0 Å².